The summed E-state index contributed by atoms with van der Waals surface area (Å²) in [6, 6.07) is 1.66. The Bertz CT molecular complexity index is 1000. The Kier molecular flexibility index (Phi) is 3.55. The zero-order valence-corrected chi connectivity index (χ0v) is 14.8. The van der Waals surface area contributed by atoms with E-state index in [1.807, 2.05) is 4.57 Å². The van der Waals surface area contributed by atoms with Crippen LogP contribution < -0.4 is 15.6 Å². The van der Waals surface area contributed by atoms with Crippen LogP contribution in [-0.2, 0) is 0 Å². The summed E-state index contributed by atoms with van der Waals surface area (Å²) in [5.41, 5.74) is 0.372. The molecule has 2 aliphatic heterocycles. The number of anilines is 1. The molecule has 6 nitrogen and oxygen atoms in total. The Morgan fingerprint density at radius 1 is 1.35 bits per heavy atom. The summed E-state index contributed by atoms with van der Waals surface area (Å²) in [6.07, 6.45) is 3.35. The molecule has 5 rings (SSSR count). The van der Waals surface area contributed by atoms with E-state index < -0.39 is 17.2 Å². The smallest absolute Gasteiger partial charge is 0.341 e. The topological polar surface area (TPSA) is 74.6 Å². The Labute approximate surface area is 153 Å². The molecular formula is C18H18FN3O3S. The highest BCUT2D eigenvalue weighted by molar-refractivity contribution is 7.99. The molecule has 8 heteroatoms. The minimum atomic E-state index is -1.26. The lowest BCUT2D eigenvalue weighted by Crippen LogP contribution is -2.54. The summed E-state index contributed by atoms with van der Waals surface area (Å²) in [5, 5.41) is 12.9. The molecule has 26 heavy (non-hydrogen) atoms. The first-order valence-corrected chi connectivity index (χ1v) is 9.79. The molecule has 136 valence electrons. The summed E-state index contributed by atoms with van der Waals surface area (Å²) in [5.74, 6) is -0.884. The third-order valence-electron chi connectivity index (χ3n) is 5.43. The molecule has 1 unspecified atom stereocenters. The van der Waals surface area contributed by atoms with Crippen LogP contribution in [0.4, 0.5) is 10.1 Å². The summed E-state index contributed by atoms with van der Waals surface area (Å²) in [4.78, 5) is 27.1. The standard InChI is InChI=1S/C18H18FN3O3S/c19-13-5-11-14(17-15(13)21-4-3-20-6-10(21)8-26-17)22(9-1-2-9)7-12(16(11)23)18(24)25/h5,7,9-10,20H,1-4,6,8H2,(H,24,25). The van der Waals surface area contributed by atoms with E-state index in [0.29, 0.717) is 11.2 Å². The van der Waals surface area contributed by atoms with Gasteiger partial charge in [-0.1, -0.05) is 0 Å². The first-order chi connectivity index (χ1) is 12.6. The second-order valence-electron chi connectivity index (χ2n) is 7.11. The van der Waals surface area contributed by atoms with Gasteiger partial charge in [-0.25, -0.2) is 9.18 Å². The summed E-state index contributed by atoms with van der Waals surface area (Å²) in [6.45, 7) is 2.34. The number of carbonyl (C=O) groups is 1. The van der Waals surface area contributed by atoms with Gasteiger partial charge < -0.3 is 19.9 Å². The van der Waals surface area contributed by atoms with E-state index in [9.17, 15) is 14.7 Å². The summed E-state index contributed by atoms with van der Waals surface area (Å²) in [7, 11) is 0. The van der Waals surface area contributed by atoms with Crippen molar-refractivity contribution in [3.05, 3.63) is 33.9 Å². The van der Waals surface area contributed by atoms with Gasteiger partial charge in [0.25, 0.3) is 0 Å². The number of piperazine rings is 1. The maximum atomic E-state index is 15.1. The number of aromatic carboxylic acids is 1. The van der Waals surface area contributed by atoms with Crippen LogP contribution in [0.2, 0.25) is 0 Å². The van der Waals surface area contributed by atoms with Crippen molar-refractivity contribution in [1.82, 2.24) is 9.88 Å². The third kappa shape index (κ3) is 2.28. The van der Waals surface area contributed by atoms with Crippen LogP contribution in [-0.4, -0.2) is 47.1 Å². The SMILES string of the molecule is O=C(O)c1cn(C2CC2)c2c3c(c(F)cc2c1=O)N1CCNCC1CS3. The molecule has 3 heterocycles. The second-order valence-corrected chi connectivity index (χ2v) is 8.14. The van der Waals surface area contributed by atoms with Crippen LogP contribution in [0, 0.1) is 5.82 Å². The van der Waals surface area contributed by atoms with Crippen molar-refractivity contribution < 1.29 is 14.3 Å². The quantitative estimate of drug-likeness (QED) is 0.837. The second kappa shape index (κ2) is 5.72. The van der Waals surface area contributed by atoms with E-state index in [1.165, 1.54) is 12.3 Å². The van der Waals surface area contributed by atoms with E-state index in [1.54, 1.807) is 11.8 Å². The number of carboxylic acid groups (broad SMARTS) is 1. The van der Waals surface area contributed by atoms with Gasteiger partial charge in [-0.2, -0.15) is 0 Å². The fraction of sp³-hybridized carbons (Fsp3) is 0.444. The monoisotopic (exact) mass is 375 g/mol. The molecule has 2 aromatic rings. The maximum Gasteiger partial charge on any atom is 0.341 e. The molecule has 1 saturated carbocycles. The van der Waals surface area contributed by atoms with E-state index in [2.05, 4.69) is 10.2 Å². The molecule has 2 fully saturated rings. The van der Waals surface area contributed by atoms with Crippen molar-refractivity contribution in [2.75, 3.05) is 30.3 Å². The molecule has 1 aliphatic carbocycles. The number of aromatic nitrogens is 1. The average molecular weight is 375 g/mol. The van der Waals surface area contributed by atoms with Crippen LogP contribution >= 0.6 is 11.8 Å². The number of carboxylic acids is 1. The highest BCUT2D eigenvalue weighted by Crippen LogP contribution is 2.46. The van der Waals surface area contributed by atoms with Crippen molar-refractivity contribution in [3.63, 3.8) is 0 Å². The number of hydrogen-bond donors (Lipinski definition) is 2. The molecular weight excluding hydrogens is 357 g/mol. The average Bonchev–Trinajstić information content (AvgIpc) is 3.47. The highest BCUT2D eigenvalue weighted by Gasteiger charge is 2.35. The van der Waals surface area contributed by atoms with Gasteiger partial charge in [0.05, 0.1) is 27.5 Å². The minimum absolute atomic E-state index is 0.175. The lowest BCUT2D eigenvalue weighted by molar-refractivity contribution is 0.0695. The fourth-order valence-electron chi connectivity index (χ4n) is 4.02. The Hall–Kier alpha value is -2.06. The molecule has 0 bridgehead atoms. The molecule has 2 N–H and O–H groups in total. The predicted molar refractivity (Wildman–Crippen MR) is 98.1 cm³/mol. The van der Waals surface area contributed by atoms with E-state index in [0.717, 1.165) is 43.1 Å². The Morgan fingerprint density at radius 2 is 2.15 bits per heavy atom. The predicted octanol–water partition coefficient (Wildman–Crippen LogP) is 2.06. The maximum absolute atomic E-state index is 15.1. The number of nitrogens with zero attached hydrogens (tertiary/aromatic N) is 2. The number of fused-ring (bicyclic) bond motifs is 5. The van der Waals surface area contributed by atoms with Crippen molar-refractivity contribution in [1.29, 1.82) is 0 Å². The molecule has 0 spiro atoms. The zero-order chi connectivity index (χ0) is 18.0. The number of benzene rings is 1. The Morgan fingerprint density at radius 3 is 2.88 bits per heavy atom. The number of halogens is 1. The van der Waals surface area contributed by atoms with Crippen molar-refractivity contribution in [2.45, 2.75) is 29.8 Å². The van der Waals surface area contributed by atoms with Gasteiger partial charge in [0.15, 0.2) is 0 Å². The van der Waals surface area contributed by atoms with Gasteiger partial charge >= 0.3 is 5.97 Å². The van der Waals surface area contributed by atoms with Gasteiger partial charge in [-0.05, 0) is 18.9 Å². The van der Waals surface area contributed by atoms with Gasteiger partial charge in [0, 0.05) is 37.6 Å². The van der Waals surface area contributed by atoms with Gasteiger partial charge in [0.1, 0.15) is 11.4 Å². The molecule has 1 atom stereocenters. The van der Waals surface area contributed by atoms with Crippen LogP contribution in [0.3, 0.4) is 0 Å². The van der Waals surface area contributed by atoms with Crippen LogP contribution in [0.1, 0.15) is 29.2 Å². The van der Waals surface area contributed by atoms with Crippen molar-refractivity contribution >= 4 is 34.3 Å². The number of thioether (sulfide) groups is 1. The lowest BCUT2D eigenvalue weighted by atomic mass is 10.1. The molecule has 0 radical (unpaired) electrons. The molecule has 1 saturated heterocycles. The molecule has 1 aromatic carbocycles. The zero-order valence-electron chi connectivity index (χ0n) is 14.0. The minimum Gasteiger partial charge on any atom is -0.477 e. The first-order valence-electron chi connectivity index (χ1n) is 8.81. The summed E-state index contributed by atoms with van der Waals surface area (Å²) >= 11 is 1.57. The lowest BCUT2D eigenvalue weighted by Gasteiger charge is -2.42. The van der Waals surface area contributed by atoms with Crippen molar-refractivity contribution in [2.24, 2.45) is 0 Å². The molecule has 3 aliphatic rings. The number of nitrogens with one attached hydrogen (secondary N) is 1. The number of pyridine rings is 1. The first kappa shape index (κ1) is 16.1. The van der Waals surface area contributed by atoms with Gasteiger partial charge in [0.2, 0.25) is 5.43 Å². The Balaban J connectivity index is 1.84. The molecule has 1 aromatic heterocycles. The van der Waals surface area contributed by atoms with Gasteiger partial charge in [-0.3, -0.25) is 4.79 Å². The highest BCUT2D eigenvalue weighted by atomic mass is 32.2. The van der Waals surface area contributed by atoms with Crippen molar-refractivity contribution in [3.8, 4) is 0 Å². The largest absolute Gasteiger partial charge is 0.477 e. The molecule has 0 amide bonds. The van der Waals surface area contributed by atoms with E-state index in [4.69, 9.17) is 0 Å². The summed E-state index contributed by atoms with van der Waals surface area (Å²) < 4.78 is 17.0. The number of rotatable bonds is 2. The van der Waals surface area contributed by atoms with Crippen LogP contribution in [0.25, 0.3) is 10.9 Å². The number of hydrogen-bond acceptors (Lipinski definition) is 5. The van der Waals surface area contributed by atoms with Gasteiger partial charge in [-0.15, -0.1) is 11.8 Å². The van der Waals surface area contributed by atoms with Crippen LogP contribution in [0.15, 0.2) is 22.0 Å². The normalized spacial score (nSPS) is 22.2. The van der Waals surface area contributed by atoms with Crippen LogP contribution in [0.5, 0.6) is 0 Å². The van der Waals surface area contributed by atoms with E-state index in [-0.39, 0.29) is 23.0 Å². The van der Waals surface area contributed by atoms with E-state index >= 15 is 4.39 Å². The third-order valence-corrected chi connectivity index (χ3v) is 6.65. The fourth-order valence-corrected chi connectivity index (χ4v) is 5.38.